The highest BCUT2D eigenvalue weighted by molar-refractivity contribution is 5.96. The molecule has 0 spiro atoms. The van der Waals surface area contributed by atoms with Crippen LogP contribution in [0.3, 0.4) is 0 Å². The summed E-state index contributed by atoms with van der Waals surface area (Å²) >= 11 is 0. The second-order valence-corrected chi connectivity index (χ2v) is 6.37. The van der Waals surface area contributed by atoms with E-state index in [1.54, 1.807) is 24.3 Å². The lowest BCUT2D eigenvalue weighted by molar-refractivity contribution is 0.0620. The number of para-hydroxylation sites is 1. The lowest BCUT2D eigenvalue weighted by Gasteiger charge is -2.34. The Labute approximate surface area is 158 Å². The number of carbonyl (C=O) groups is 2. The number of ether oxygens (including phenoxy) is 1. The molecule has 3 rings (SSSR count). The Morgan fingerprint density at radius 2 is 1.74 bits per heavy atom. The summed E-state index contributed by atoms with van der Waals surface area (Å²) < 4.78 is 5.73. The van der Waals surface area contributed by atoms with Gasteiger partial charge in [0.1, 0.15) is 12.4 Å². The quantitative estimate of drug-likeness (QED) is 0.816. The van der Waals surface area contributed by atoms with Crippen LogP contribution in [-0.2, 0) is 0 Å². The number of hydrogen-bond donors (Lipinski definition) is 2. The molecule has 1 saturated heterocycles. The molecule has 1 aliphatic rings. The molecule has 1 fully saturated rings. The number of nitrogens with one attached hydrogen (secondary N) is 1. The molecule has 3 N–H and O–H groups in total. The zero-order chi connectivity index (χ0) is 19.1. The molecule has 7 nitrogen and oxygen atoms in total. The summed E-state index contributed by atoms with van der Waals surface area (Å²) in [6.45, 7) is 4.40. The van der Waals surface area contributed by atoms with Crippen LogP contribution >= 0.6 is 0 Å². The average Bonchev–Trinajstić information content (AvgIpc) is 2.68. The fourth-order valence-electron chi connectivity index (χ4n) is 3.04. The number of hydrogen-bond acceptors (Lipinski definition) is 4. The van der Waals surface area contributed by atoms with Crippen LogP contribution in [0.25, 0.3) is 0 Å². The topological polar surface area (TPSA) is 87.9 Å². The maximum Gasteiger partial charge on any atom is 0.316 e. The Morgan fingerprint density at radius 3 is 2.44 bits per heavy atom. The van der Waals surface area contributed by atoms with Gasteiger partial charge >= 0.3 is 6.03 Å². The van der Waals surface area contributed by atoms with Gasteiger partial charge in [0.2, 0.25) is 0 Å². The van der Waals surface area contributed by atoms with Crippen LogP contribution in [0.2, 0.25) is 0 Å². The van der Waals surface area contributed by atoms with E-state index in [1.807, 2.05) is 35.2 Å². The molecule has 0 unspecified atom stereocenters. The highest BCUT2D eigenvalue weighted by Crippen LogP contribution is 2.14. The Hall–Kier alpha value is -3.06. The van der Waals surface area contributed by atoms with E-state index in [9.17, 15) is 9.59 Å². The number of carbonyl (C=O) groups excluding carboxylic acids is 2. The number of piperazine rings is 1. The minimum absolute atomic E-state index is 0.0386. The summed E-state index contributed by atoms with van der Waals surface area (Å²) in [5.74, 6) is 0.832. The number of primary amides is 1. The van der Waals surface area contributed by atoms with Crippen LogP contribution < -0.4 is 15.8 Å². The molecule has 0 aliphatic carbocycles. The number of amides is 3. The van der Waals surface area contributed by atoms with E-state index in [0.717, 1.165) is 25.4 Å². The van der Waals surface area contributed by atoms with Gasteiger partial charge in [0.15, 0.2) is 0 Å². The van der Waals surface area contributed by atoms with Crippen molar-refractivity contribution in [2.45, 2.75) is 0 Å². The van der Waals surface area contributed by atoms with Gasteiger partial charge in [-0.2, -0.15) is 0 Å². The van der Waals surface area contributed by atoms with Gasteiger partial charge in [-0.05, 0) is 30.3 Å². The molecule has 0 aromatic heterocycles. The van der Waals surface area contributed by atoms with Gasteiger partial charge in [-0.3, -0.25) is 9.69 Å². The van der Waals surface area contributed by atoms with Crippen LogP contribution in [0.4, 0.5) is 10.5 Å². The fourth-order valence-corrected chi connectivity index (χ4v) is 3.04. The van der Waals surface area contributed by atoms with Crippen LogP contribution in [0.5, 0.6) is 5.75 Å². The maximum atomic E-state index is 12.7. The predicted molar refractivity (Wildman–Crippen MR) is 104 cm³/mol. The van der Waals surface area contributed by atoms with Crippen molar-refractivity contribution in [1.82, 2.24) is 9.80 Å². The Morgan fingerprint density at radius 1 is 1.00 bits per heavy atom. The fraction of sp³-hybridized carbons (Fsp3) is 0.300. The first-order valence-electron chi connectivity index (χ1n) is 8.98. The summed E-state index contributed by atoms with van der Waals surface area (Å²) in [7, 11) is 0. The third-order valence-electron chi connectivity index (χ3n) is 4.46. The molecule has 1 aliphatic heterocycles. The van der Waals surface area contributed by atoms with E-state index in [0.29, 0.717) is 30.9 Å². The minimum atomic E-state index is -0.647. The van der Waals surface area contributed by atoms with Crippen LogP contribution in [0, 0.1) is 0 Å². The zero-order valence-electron chi connectivity index (χ0n) is 15.1. The maximum absolute atomic E-state index is 12.7. The second kappa shape index (κ2) is 9.05. The van der Waals surface area contributed by atoms with Gasteiger partial charge < -0.3 is 20.7 Å². The van der Waals surface area contributed by atoms with Crippen molar-refractivity contribution in [2.24, 2.45) is 5.73 Å². The van der Waals surface area contributed by atoms with Crippen molar-refractivity contribution in [1.29, 1.82) is 0 Å². The largest absolute Gasteiger partial charge is 0.492 e. The van der Waals surface area contributed by atoms with Crippen molar-refractivity contribution in [3.05, 3.63) is 60.2 Å². The summed E-state index contributed by atoms with van der Waals surface area (Å²) in [4.78, 5) is 27.8. The number of urea groups is 1. The van der Waals surface area contributed by atoms with E-state index >= 15 is 0 Å². The molecule has 0 bridgehead atoms. The monoisotopic (exact) mass is 368 g/mol. The lowest BCUT2D eigenvalue weighted by atomic mass is 10.1. The highest BCUT2D eigenvalue weighted by atomic mass is 16.5. The Kier molecular flexibility index (Phi) is 6.27. The van der Waals surface area contributed by atoms with E-state index < -0.39 is 6.03 Å². The summed E-state index contributed by atoms with van der Waals surface area (Å²) in [6, 6.07) is 15.9. The third-order valence-corrected chi connectivity index (χ3v) is 4.46. The van der Waals surface area contributed by atoms with Gasteiger partial charge in [0.25, 0.3) is 5.91 Å². The van der Waals surface area contributed by atoms with Crippen molar-refractivity contribution < 1.29 is 14.3 Å². The van der Waals surface area contributed by atoms with Crippen LogP contribution in [-0.4, -0.2) is 61.1 Å². The number of anilines is 1. The first kappa shape index (κ1) is 18.7. The minimum Gasteiger partial charge on any atom is -0.492 e. The summed E-state index contributed by atoms with van der Waals surface area (Å²) in [5, 5.41) is 2.49. The van der Waals surface area contributed by atoms with Crippen LogP contribution in [0.15, 0.2) is 54.6 Å². The van der Waals surface area contributed by atoms with Gasteiger partial charge in [0.05, 0.1) is 0 Å². The molecule has 0 saturated carbocycles. The summed E-state index contributed by atoms with van der Waals surface area (Å²) in [6.07, 6.45) is 0. The molecule has 2 aromatic rings. The first-order chi connectivity index (χ1) is 13.1. The molecule has 1 heterocycles. The number of rotatable bonds is 6. The second-order valence-electron chi connectivity index (χ2n) is 6.37. The van der Waals surface area contributed by atoms with E-state index in [-0.39, 0.29) is 5.91 Å². The number of nitrogens with two attached hydrogens (primary N) is 1. The average molecular weight is 368 g/mol. The standard InChI is InChI=1S/C20H24N4O3/c21-20(26)22-17-6-4-5-16(15-17)19(25)24-11-9-23(10-12-24)13-14-27-18-7-2-1-3-8-18/h1-8,15H,9-14H2,(H3,21,22,26). The lowest BCUT2D eigenvalue weighted by Crippen LogP contribution is -2.49. The molecule has 0 atom stereocenters. The molecule has 142 valence electrons. The molecular formula is C20H24N4O3. The first-order valence-corrected chi connectivity index (χ1v) is 8.98. The molecular weight excluding hydrogens is 344 g/mol. The van der Waals surface area contributed by atoms with Crippen molar-refractivity contribution in [3.8, 4) is 5.75 Å². The van der Waals surface area contributed by atoms with Gasteiger partial charge in [0, 0.05) is 44.0 Å². The zero-order valence-corrected chi connectivity index (χ0v) is 15.1. The molecule has 0 radical (unpaired) electrons. The summed E-state index contributed by atoms with van der Waals surface area (Å²) in [5.41, 5.74) is 6.19. The third kappa shape index (κ3) is 5.46. The predicted octanol–water partition coefficient (Wildman–Crippen LogP) is 2.01. The SMILES string of the molecule is NC(=O)Nc1cccc(C(=O)N2CCN(CCOc3ccccc3)CC2)c1. The van der Waals surface area contributed by atoms with E-state index in [4.69, 9.17) is 10.5 Å². The van der Waals surface area contributed by atoms with Crippen molar-refractivity contribution in [2.75, 3.05) is 44.6 Å². The Balaban J connectivity index is 1.46. The number of benzene rings is 2. The highest BCUT2D eigenvalue weighted by Gasteiger charge is 2.22. The van der Waals surface area contributed by atoms with E-state index in [2.05, 4.69) is 10.2 Å². The number of nitrogens with zero attached hydrogens (tertiary/aromatic N) is 2. The normalized spacial score (nSPS) is 14.6. The molecule has 7 heteroatoms. The van der Waals surface area contributed by atoms with Gasteiger partial charge in [-0.25, -0.2) is 4.79 Å². The van der Waals surface area contributed by atoms with Crippen LogP contribution in [0.1, 0.15) is 10.4 Å². The van der Waals surface area contributed by atoms with Crippen molar-refractivity contribution in [3.63, 3.8) is 0 Å². The van der Waals surface area contributed by atoms with Gasteiger partial charge in [-0.15, -0.1) is 0 Å². The van der Waals surface area contributed by atoms with Crippen molar-refractivity contribution >= 4 is 17.6 Å². The smallest absolute Gasteiger partial charge is 0.316 e. The molecule has 3 amide bonds. The Bertz CT molecular complexity index is 774. The molecule has 2 aromatic carbocycles. The van der Waals surface area contributed by atoms with Gasteiger partial charge in [-0.1, -0.05) is 24.3 Å². The molecule has 27 heavy (non-hydrogen) atoms. The van der Waals surface area contributed by atoms with E-state index in [1.165, 1.54) is 0 Å².